The van der Waals surface area contributed by atoms with Gasteiger partial charge in [0.05, 0.1) is 0 Å². The first-order chi connectivity index (χ1) is 6.66. The van der Waals surface area contributed by atoms with E-state index in [2.05, 4.69) is 25.9 Å². The molecule has 0 saturated carbocycles. The van der Waals surface area contributed by atoms with Gasteiger partial charge < -0.3 is 4.90 Å². The molecule has 0 N–H and O–H groups in total. The Morgan fingerprint density at radius 2 is 2.14 bits per heavy atom. The molecule has 0 aliphatic carbocycles. The first-order valence-electron chi connectivity index (χ1n) is 4.39. The van der Waals surface area contributed by atoms with Crippen LogP contribution in [0.4, 0.5) is 5.82 Å². The summed E-state index contributed by atoms with van der Waals surface area (Å²) in [7, 11) is 3.91. The van der Waals surface area contributed by atoms with Crippen LogP contribution in [0.2, 0.25) is 5.15 Å². The van der Waals surface area contributed by atoms with Crippen molar-refractivity contribution in [2.24, 2.45) is 0 Å². The maximum absolute atomic E-state index is 6.02. The zero-order chi connectivity index (χ0) is 10.6. The average molecular weight is 279 g/mol. The lowest BCUT2D eigenvalue weighted by molar-refractivity contribution is 0.896. The third-order valence-electron chi connectivity index (χ3n) is 1.85. The summed E-state index contributed by atoms with van der Waals surface area (Å²) >= 11 is 9.41. The van der Waals surface area contributed by atoms with Crippen LogP contribution in [-0.2, 0) is 6.42 Å². The van der Waals surface area contributed by atoms with E-state index in [1.807, 2.05) is 19.0 Å². The third kappa shape index (κ3) is 2.82. The molecular weight excluding hydrogens is 265 g/mol. The normalized spacial score (nSPS) is 10.3. The van der Waals surface area contributed by atoms with Gasteiger partial charge in [0.2, 0.25) is 0 Å². The number of alkyl halides is 1. The van der Waals surface area contributed by atoms with Gasteiger partial charge in [0.15, 0.2) is 0 Å². The fourth-order valence-corrected chi connectivity index (χ4v) is 1.73. The Morgan fingerprint density at radius 1 is 1.43 bits per heavy atom. The van der Waals surface area contributed by atoms with Crippen LogP contribution in [0.5, 0.6) is 0 Å². The lowest BCUT2D eigenvalue weighted by atomic mass is 10.2. The molecule has 0 aliphatic rings. The Bertz CT molecular complexity index is 304. The largest absolute Gasteiger partial charge is 0.362 e. The number of nitrogens with zero attached hydrogens (tertiary/aromatic N) is 3. The van der Waals surface area contributed by atoms with Gasteiger partial charge in [-0.25, -0.2) is 9.97 Å². The second-order valence-corrected chi connectivity index (χ2v) is 4.30. The summed E-state index contributed by atoms with van der Waals surface area (Å²) in [6.45, 7) is 0. The molecule has 0 atom stereocenters. The highest BCUT2D eigenvalue weighted by Crippen LogP contribution is 2.23. The summed E-state index contributed by atoms with van der Waals surface area (Å²) in [4.78, 5) is 10.1. The minimum absolute atomic E-state index is 0.560. The fraction of sp³-hybridized carbons (Fsp3) is 0.556. The molecule has 1 heterocycles. The monoisotopic (exact) mass is 277 g/mol. The molecule has 0 fully saturated rings. The van der Waals surface area contributed by atoms with Crippen molar-refractivity contribution in [2.75, 3.05) is 24.3 Å². The van der Waals surface area contributed by atoms with Gasteiger partial charge in [-0.05, 0) is 12.8 Å². The number of aromatic nitrogens is 2. The maximum atomic E-state index is 6.02. The number of rotatable bonds is 4. The second kappa shape index (κ2) is 5.51. The van der Waals surface area contributed by atoms with Gasteiger partial charge in [0.25, 0.3) is 0 Å². The van der Waals surface area contributed by atoms with Gasteiger partial charge in [-0.3, -0.25) is 0 Å². The molecule has 0 aliphatic heterocycles. The molecule has 0 amide bonds. The highest BCUT2D eigenvalue weighted by atomic mass is 79.9. The lowest BCUT2D eigenvalue weighted by Crippen LogP contribution is -2.14. The predicted octanol–water partition coefficient (Wildman–Crippen LogP) is 2.52. The van der Waals surface area contributed by atoms with E-state index < -0.39 is 0 Å². The van der Waals surface area contributed by atoms with Gasteiger partial charge in [0.1, 0.15) is 17.3 Å². The fourth-order valence-electron chi connectivity index (χ4n) is 1.23. The van der Waals surface area contributed by atoms with E-state index in [0.717, 1.165) is 29.6 Å². The molecule has 0 unspecified atom stereocenters. The summed E-state index contributed by atoms with van der Waals surface area (Å²) in [6.07, 6.45) is 3.43. The zero-order valence-corrected chi connectivity index (χ0v) is 10.6. The number of hydrogen-bond acceptors (Lipinski definition) is 3. The first-order valence-corrected chi connectivity index (χ1v) is 5.89. The number of anilines is 1. The Morgan fingerprint density at radius 3 is 2.71 bits per heavy atom. The van der Waals surface area contributed by atoms with Crippen LogP contribution < -0.4 is 4.90 Å². The Labute approximate surface area is 97.6 Å². The summed E-state index contributed by atoms with van der Waals surface area (Å²) in [5.41, 5.74) is 1.03. The third-order valence-corrected chi connectivity index (χ3v) is 2.74. The van der Waals surface area contributed by atoms with E-state index in [1.54, 1.807) is 0 Å². The van der Waals surface area contributed by atoms with Crippen molar-refractivity contribution in [3.8, 4) is 0 Å². The summed E-state index contributed by atoms with van der Waals surface area (Å²) in [5, 5.41) is 1.52. The molecule has 1 rings (SSSR count). The molecule has 0 spiro atoms. The molecule has 1 aromatic heterocycles. The maximum Gasteiger partial charge on any atom is 0.137 e. The molecule has 1 aromatic rings. The average Bonchev–Trinajstić information content (AvgIpc) is 2.15. The van der Waals surface area contributed by atoms with E-state index in [0.29, 0.717) is 5.15 Å². The Kier molecular flexibility index (Phi) is 4.62. The Balaban J connectivity index is 2.96. The minimum Gasteiger partial charge on any atom is -0.362 e. The highest BCUT2D eigenvalue weighted by molar-refractivity contribution is 9.09. The van der Waals surface area contributed by atoms with Crippen LogP contribution in [0.1, 0.15) is 12.0 Å². The van der Waals surface area contributed by atoms with Crippen molar-refractivity contribution in [1.82, 2.24) is 9.97 Å². The molecule has 0 aromatic carbocycles. The van der Waals surface area contributed by atoms with E-state index in [-0.39, 0.29) is 0 Å². The van der Waals surface area contributed by atoms with Gasteiger partial charge in [-0.2, -0.15) is 0 Å². The van der Waals surface area contributed by atoms with E-state index in [9.17, 15) is 0 Å². The van der Waals surface area contributed by atoms with Gasteiger partial charge in [-0.1, -0.05) is 27.5 Å². The van der Waals surface area contributed by atoms with E-state index >= 15 is 0 Å². The van der Waals surface area contributed by atoms with Crippen LogP contribution in [0.25, 0.3) is 0 Å². The van der Waals surface area contributed by atoms with Crippen molar-refractivity contribution in [3.63, 3.8) is 0 Å². The topological polar surface area (TPSA) is 29.0 Å². The molecule has 3 nitrogen and oxygen atoms in total. The standard InChI is InChI=1S/C9H13BrClN3/c1-14(2)9-7(4-3-5-10)8(11)12-6-13-9/h6H,3-5H2,1-2H3. The zero-order valence-electron chi connectivity index (χ0n) is 8.30. The molecular formula is C9H13BrClN3. The SMILES string of the molecule is CN(C)c1ncnc(Cl)c1CCCBr. The van der Waals surface area contributed by atoms with Crippen LogP contribution in [0.15, 0.2) is 6.33 Å². The highest BCUT2D eigenvalue weighted by Gasteiger charge is 2.10. The van der Waals surface area contributed by atoms with Crippen molar-refractivity contribution >= 4 is 33.3 Å². The van der Waals surface area contributed by atoms with Crippen LogP contribution in [0, 0.1) is 0 Å². The van der Waals surface area contributed by atoms with Crippen LogP contribution in [0.3, 0.4) is 0 Å². The lowest BCUT2D eigenvalue weighted by Gasteiger charge is -2.15. The molecule has 0 saturated heterocycles. The van der Waals surface area contributed by atoms with Crippen molar-refractivity contribution < 1.29 is 0 Å². The summed E-state index contributed by atoms with van der Waals surface area (Å²) < 4.78 is 0. The van der Waals surface area contributed by atoms with Crippen LogP contribution in [-0.4, -0.2) is 29.4 Å². The van der Waals surface area contributed by atoms with Crippen molar-refractivity contribution in [3.05, 3.63) is 17.0 Å². The second-order valence-electron chi connectivity index (χ2n) is 3.15. The molecule has 14 heavy (non-hydrogen) atoms. The Hall–Kier alpha value is -0.350. The molecule has 0 radical (unpaired) electrons. The van der Waals surface area contributed by atoms with Crippen molar-refractivity contribution in [2.45, 2.75) is 12.8 Å². The summed E-state index contributed by atoms with van der Waals surface area (Å²) in [6, 6.07) is 0. The van der Waals surface area contributed by atoms with Gasteiger partial charge >= 0.3 is 0 Å². The van der Waals surface area contributed by atoms with Gasteiger partial charge in [-0.15, -0.1) is 0 Å². The molecule has 0 bridgehead atoms. The van der Waals surface area contributed by atoms with Crippen molar-refractivity contribution in [1.29, 1.82) is 0 Å². The number of hydrogen-bond donors (Lipinski definition) is 0. The minimum atomic E-state index is 0.560. The van der Waals surface area contributed by atoms with Gasteiger partial charge in [0, 0.05) is 25.0 Å². The molecule has 78 valence electrons. The number of halogens is 2. The first kappa shape index (κ1) is 11.7. The summed E-state index contributed by atoms with van der Waals surface area (Å²) in [5.74, 6) is 0.908. The smallest absolute Gasteiger partial charge is 0.137 e. The predicted molar refractivity (Wildman–Crippen MR) is 63.5 cm³/mol. The van der Waals surface area contributed by atoms with E-state index in [1.165, 1.54) is 6.33 Å². The van der Waals surface area contributed by atoms with E-state index in [4.69, 9.17) is 11.6 Å². The molecule has 5 heteroatoms. The quantitative estimate of drug-likeness (QED) is 0.626. The van der Waals surface area contributed by atoms with Crippen LogP contribution >= 0.6 is 27.5 Å².